The number of nitrogens with two attached hydrogens (primary N) is 2. The van der Waals surface area contributed by atoms with Crippen LogP contribution in [-0.4, -0.2) is 47.7 Å². The molecule has 1 aromatic rings. The van der Waals surface area contributed by atoms with Crippen LogP contribution in [0, 0.1) is 5.92 Å². The summed E-state index contributed by atoms with van der Waals surface area (Å²) in [4.78, 5) is 31.4. The number of hydrogen-bond acceptors (Lipinski definition) is 9. The third-order valence-corrected chi connectivity index (χ3v) is 3.75. The van der Waals surface area contributed by atoms with Gasteiger partial charge in [0, 0.05) is 26.3 Å². The fourth-order valence-corrected chi connectivity index (χ4v) is 2.55. The molecule has 0 aliphatic carbocycles. The number of carbonyl (C=O) groups is 2. The zero-order valence-corrected chi connectivity index (χ0v) is 15.5. The van der Waals surface area contributed by atoms with Crippen LogP contribution >= 0.6 is 23.2 Å². The second-order valence-electron chi connectivity index (χ2n) is 5.25. The van der Waals surface area contributed by atoms with Gasteiger partial charge in [0.1, 0.15) is 5.69 Å². The molecule has 0 saturated heterocycles. The Hall–Kier alpha value is -2.00. The van der Waals surface area contributed by atoms with Crippen molar-refractivity contribution in [3.05, 3.63) is 5.15 Å². The molecule has 1 rings (SSSR count). The van der Waals surface area contributed by atoms with Gasteiger partial charge in [-0.1, -0.05) is 11.6 Å². The summed E-state index contributed by atoms with van der Waals surface area (Å²) in [6.07, 6.45) is 0.493. The minimum atomic E-state index is -0.416. The Balaban J connectivity index is 2.80. The molecule has 0 aromatic carbocycles. The normalized spacial score (nSPS) is 10.6. The molecular formula is C14H21Cl2N5O4. The Morgan fingerprint density at radius 2 is 1.72 bits per heavy atom. The van der Waals surface area contributed by atoms with Crippen molar-refractivity contribution in [1.29, 1.82) is 0 Å². The molecule has 140 valence electrons. The van der Waals surface area contributed by atoms with Crippen LogP contribution < -0.4 is 16.4 Å². The van der Waals surface area contributed by atoms with Crippen LogP contribution in [0.25, 0.3) is 0 Å². The number of hydrogen-bond donors (Lipinski definition) is 2. The quantitative estimate of drug-likeness (QED) is 0.276. The van der Waals surface area contributed by atoms with Gasteiger partial charge in [-0.05, 0) is 6.42 Å². The summed E-state index contributed by atoms with van der Waals surface area (Å²) in [6, 6.07) is 0.0745. The Morgan fingerprint density at radius 3 is 2.16 bits per heavy atom. The van der Waals surface area contributed by atoms with E-state index < -0.39 is 11.9 Å². The molecule has 0 saturated carbocycles. The fraction of sp³-hybridized carbons (Fsp3) is 0.571. The van der Waals surface area contributed by atoms with Crippen molar-refractivity contribution in [2.24, 2.45) is 5.92 Å². The van der Waals surface area contributed by atoms with Crippen molar-refractivity contribution in [2.75, 3.05) is 42.1 Å². The molecule has 1 heterocycles. The predicted octanol–water partition coefficient (Wildman–Crippen LogP) is 1.43. The van der Waals surface area contributed by atoms with Crippen LogP contribution in [0.1, 0.15) is 20.3 Å². The van der Waals surface area contributed by atoms with Gasteiger partial charge in [-0.2, -0.15) is 9.97 Å². The summed E-state index contributed by atoms with van der Waals surface area (Å²) in [5.41, 5.74) is 11.7. The predicted molar refractivity (Wildman–Crippen MR) is 95.3 cm³/mol. The van der Waals surface area contributed by atoms with Gasteiger partial charge in [-0.15, -0.1) is 11.6 Å². The largest absolute Gasteiger partial charge is 0.465 e. The number of carbonyl (C=O) groups excluding carboxylic acids is 2. The molecule has 0 atom stereocenters. The number of alkyl halides is 1. The summed E-state index contributed by atoms with van der Waals surface area (Å²) < 4.78 is 9.99. The van der Waals surface area contributed by atoms with Crippen molar-refractivity contribution in [3.8, 4) is 0 Å². The third-order valence-electron chi connectivity index (χ3n) is 3.20. The highest BCUT2D eigenvalue weighted by molar-refractivity contribution is 6.33. The Morgan fingerprint density at radius 1 is 1.16 bits per heavy atom. The molecule has 0 bridgehead atoms. The average Bonchev–Trinajstić information content (AvgIpc) is 2.50. The van der Waals surface area contributed by atoms with Gasteiger partial charge in [0.15, 0.2) is 11.0 Å². The van der Waals surface area contributed by atoms with E-state index in [-0.39, 0.29) is 42.1 Å². The highest BCUT2D eigenvalue weighted by Gasteiger charge is 2.20. The number of aromatic nitrogens is 2. The van der Waals surface area contributed by atoms with E-state index >= 15 is 0 Å². The first-order chi connectivity index (χ1) is 11.7. The van der Waals surface area contributed by atoms with Crippen LogP contribution in [0.2, 0.25) is 5.15 Å². The number of nitrogens with zero attached hydrogens (tertiary/aromatic N) is 3. The van der Waals surface area contributed by atoms with E-state index in [2.05, 4.69) is 9.97 Å². The highest BCUT2D eigenvalue weighted by Crippen LogP contribution is 2.30. The van der Waals surface area contributed by atoms with Crippen molar-refractivity contribution in [2.45, 2.75) is 20.3 Å². The monoisotopic (exact) mass is 393 g/mol. The van der Waals surface area contributed by atoms with Crippen molar-refractivity contribution >= 4 is 52.6 Å². The minimum Gasteiger partial charge on any atom is -0.465 e. The number of halogens is 2. The van der Waals surface area contributed by atoms with Crippen LogP contribution in [0.15, 0.2) is 0 Å². The lowest BCUT2D eigenvalue weighted by molar-refractivity contribution is -0.146. The van der Waals surface area contributed by atoms with Gasteiger partial charge in [0.25, 0.3) is 0 Å². The first-order valence-electron chi connectivity index (χ1n) is 7.40. The molecular weight excluding hydrogens is 373 g/mol. The van der Waals surface area contributed by atoms with Crippen molar-refractivity contribution < 1.29 is 19.1 Å². The van der Waals surface area contributed by atoms with Gasteiger partial charge in [0.05, 0.1) is 19.2 Å². The molecule has 0 unspecified atom stereocenters. The Bertz CT molecular complexity index is 576. The van der Waals surface area contributed by atoms with E-state index in [0.29, 0.717) is 18.7 Å². The maximum absolute atomic E-state index is 11.0. The lowest BCUT2D eigenvalue weighted by atomic mass is 10.1. The lowest BCUT2D eigenvalue weighted by Crippen LogP contribution is -2.29. The van der Waals surface area contributed by atoms with Gasteiger partial charge in [-0.3, -0.25) is 9.59 Å². The number of anilines is 3. The molecule has 25 heavy (non-hydrogen) atoms. The van der Waals surface area contributed by atoms with Crippen molar-refractivity contribution in [1.82, 2.24) is 9.97 Å². The number of esters is 2. The SMILES string of the molecule is CC(=O)OCC(CCN(CCl)c1c(N)nc(N)nc1Cl)COC(C)=O. The first-order valence-corrected chi connectivity index (χ1v) is 8.32. The minimum absolute atomic E-state index is 0.0386. The molecule has 0 amide bonds. The molecule has 1 aromatic heterocycles. The van der Waals surface area contributed by atoms with Crippen LogP contribution in [0.5, 0.6) is 0 Å². The molecule has 0 spiro atoms. The highest BCUT2D eigenvalue weighted by atomic mass is 35.5. The van der Waals surface area contributed by atoms with E-state index in [1.54, 1.807) is 4.90 Å². The topological polar surface area (TPSA) is 134 Å². The molecule has 4 N–H and O–H groups in total. The molecule has 0 fully saturated rings. The smallest absolute Gasteiger partial charge is 0.302 e. The summed E-state index contributed by atoms with van der Waals surface area (Å²) >= 11 is 12.1. The summed E-state index contributed by atoms with van der Waals surface area (Å²) in [5, 5.41) is 0.0853. The number of ether oxygens (including phenoxy) is 2. The average molecular weight is 394 g/mol. The van der Waals surface area contributed by atoms with E-state index in [1.807, 2.05) is 0 Å². The molecule has 0 aliphatic heterocycles. The molecule has 0 aliphatic rings. The van der Waals surface area contributed by atoms with Crippen molar-refractivity contribution in [3.63, 3.8) is 0 Å². The molecule has 9 nitrogen and oxygen atoms in total. The Kier molecular flexibility index (Phi) is 8.50. The maximum Gasteiger partial charge on any atom is 0.302 e. The van der Waals surface area contributed by atoms with Crippen LogP contribution in [-0.2, 0) is 19.1 Å². The van der Waals surface area contributed by atoms with E-state index in [4.69, 9.17) is 44.1 Å². The maximum atomic E-state index is 11.0. The molecule has 0 radical (unpaired) electrons. The van der Waals surface area contributed by atoms with E-state index in [0.717, 1.165) is 0 Å². The lowest BCUT2D eigenvalue weighted by Gasteiger charge is -2.26. The van der Waals surface area contributed by atoms with Crippen LogP contribution in [0.4, 0.5) is 17.5 Å². The molecule has 11 heteroatoms. The van der Waals surface area contributed by atoms with Gasteiger partial charge in [0.2, 0.25) is 5.95 Å². The van der Waals surface area contributed by atoms with Gasteiger partial charge < -0.3 is 25.8 Å². The van der Waals surface area contributed by atoms with Gasteiger partial charge >= 0.3 is 11.9 Å². The van der Waals surface area contributed by atoms with E-state index in [1.165, 1.54) is 13.8 Å². The summed E-state index contributed by atoms with van der Waals surface area (Å²) in [5.74, 6) is -0.978. The standard InChI is InChI=1S/C14H21Cl2N5O4/c1-8(22)24-5-10(6-25-9(2)23)3-4-21(7-15)11-12(16)19-14(18)20-13(11)17/h10H,3-7H2,1-2H3,(H4,17,18,19,20). The summed E-state index contributed by atoms with van der Waals surface area (Å²) in [6.45, 7) is 3.23. The second-order valence-corrected chi connectivity index (χ2v) is 5.85. The second kappa shape index (κ2) is 10.1. The van der Waals surface area contributed by atoms with E-state index in [9.17, 15) is 9.59 Å². The first kappa shape index (κ1) is 21.0. The fourth-order valence-electron chi connectivity index (χ4n) is 2.01. The van der Waals surface area contributed by atoms with Gasteiger partial charge in [-0.25, -0.2) is 0 Å². The number of nitrogen functional groups attached to an aromatic ring is 2. The Labute approximate surface area is 155 Å². The number of rotatable bonds is 9. The zero-order valence-electron chi connectivity index (χ0n) is 14.0. The summed E-state index contributed by atoms with van der Waals surface area (Å²) in [7, 11) is 0. The third kappa shape index (κ3) is 7.18. The zero-order chi connectivity index (χ0) is 19.0. The van der Waals surface area contributed by atoms with Crippen LogP contribution in [0.3, 0.4) is 0 Å².